The van der Waals surface area contributed by atoms with Gasteiger partial charge in [-0.1, -0.05) is 30.3 Å². The number of methoxy groups -OCH3 is 1. The van der Waals surface area contributed by atoms with E-state index in [1.807, 2.05) is 0 Å². The maximum atomic E-state index is 13.7. The van der Waals surface area contributed by atoms with Crippen LogP contribution in [0.15, 0.2) is 66.7 Å². The molecule has 3 aromatic rings. The highest BCUT2D eigenvalue weighted by molar-refractivity contribution is 6.06. The lowest BCUT2D eigenvalue weighted by Gasteiger charge is -2.17. The Morgan fingerprint density at radius 3 is 2.19 bits per heavy atom. The van der Waals surface area contributed by atoms with E-state index in [2.05, 4.69) is 5.32 Å². The minimum Gasteiger partial charge on any atom is -0.496 e. The molecule has 0 aliphatic heterocycles. The summed E-state index contributed by atoms with van der Waals surface area (Å²) >= 11 is 0. The van der Waals surface area contributed by atoms with E-state index in [0.29, 0.717) is 12.1 Å². The number of carbonyl (C=O) groups is 1. The second-order valence-corrected chi connectivity index (χ2v) is 6.49. The van der Waals surface area contributed by atoms with Gasteiger partial charge in [-0.05, 0) is 47.5 Å². The van der Waals surface area contributed by atoms with Gasteiger partial charge in [0, 0.05) is 5.69 Å². The van der Waals surface area contributed by atoms with E-state index in [1.165, 1.54) is 25.3 Å². The molecule has 3 rings (SSSR count). The molecule has 9 heteroatoms. The molecule has 1 amide bonds. The van der Waals surface area contributed by atoms with Crippen LogP contribution in [-0.2, 0) is 12.4 Å². The fraction of sp³-hybridized carbons (Fsp3) is 0.136. The van der Waals surface area contributed by atoms with Gasteiger partial charge in [0.25, 0.3) is 5.91 Å². The molecule has 0 radical (unpaired) electrons. The van der Waals surface area contributed by atoms with Crippen LogP contribution in [0.1, 0.15) is 21.5 Å². The minimum atomic E-state index is -4.87. The van der Waals surface area contributed by atoms with Crippen LogP contribution in [0, 0.1) is 0 Å². The van der Waals surface area contributed by atoms with Gasteiger partial charge in [0.05, 0.1) is 23.8 Å². The summed E-state index contributed by atoms with van der Waals surface area (Å²) in [6.07, 6.45) is -9.56. The van der Waals surface area contributed by atoms with E-state index in [4.69, 9.17) is 4.74 Å². The topological polar surface area (TPSA) is 38.3 Å². The Morgan fingerprint density at radius 2 is 1.55 bits per heavy atom. The fourth-order valence-corrected chi connectivity index (χ4v) is 3.00. The summed E-state index contributed by atoms with van der Waals surface area (Å²) < 4.78 is 85.0. The largest absolute Gasteiger partial charge is 0.496 e. The SMILES string of the molecule is COc1ccccc1C(=O)Nc1ccc(-c2cccc(C(F)(F)F)c2)c(C(F)(F)F)c1. The van der Waals surface area contributed by atoms with Crippen LogP contribution in [0.5, 0.6) is 5.75 Å². The zero-order chi connectivity index (χ0) is 22.8. The molecule has 31 heavy (non-hydrogen) atoms. The van der Waals surface area contributed by atoms with Crippen molar-refractivity contribution in [3.63, 3.8) is 0 Å². The third kappa shape index (κ3) is 4.99. The second kappa shape index (κ2) is 8.33. The first-order valence-electron chi connectivity index (χ1n) is 8.84. The molecular formula is C22H15F6NO2. The van der Waals surface area contributed by atoms with Crippen LogP contribution in [0.2, 0.25) is 0 Å². The van der Waals surface area contributed by atoms with Crippen molar-refractivity contribution in [3.05, 3.63) is 83.4 Å². The van der Waals surface area contributed by atoms with Crippen molar-refractivity contribution in [2.45, 2.75) is 12.4 Å². The number of hydrogen-bond donors (Lipinski definition) is 1. The first-order valence-corrected chi connectivity index (χ1v) is 8.84. The van der Waals surface area contributed by atoms with Gasteiger partial charge in [0.15, 0.2) is 0 Å². The number of carbonyl (C=O) groups excluding carboxylic acids is 1. The highest BCUT2D eigenvalue weighted by Crippen LogP contribution is 2.40. The van der Waals surface area contributed by atoms with Crippen molar-refractivity contribution in [1.29, 1.82) is 0 Å². The predicted molar refractivity (Wildman–Crippen MR) is 103 cm³/mol. The summed E-state index contributed by atoms with van der Waals surface area (Å²) in [5.74, 6) is -0.464. The average molecular weight is 439 g/mol. The number of para-hydroxylation sites is 1. The zero-order valence-electron chi connectivity index (χ0n) is 15.9. The maximum Gasteiger partial charge on any atom is 0.417 e. The molecule has 3 nitrogen and oxygen atoms in total. The standard InChI is InChI=1S/C22H15F6NO2/c1-31-19-8-3-2-7-17(19)20(30)29-15-9-10-16(18(12-15)22(26,27)28)13-5-4-6-14(11-13)21(23,24)25/h2-12H,1H3,(H,29,30). The Hall–Kier alpha value is -3.49. The molecule has 0 aromatic heterocycles. The minimum absolute atomic E-state index is 0.112. The normalized spacial score (nSPS) is 11.8. The molecule has 0 aliphatic rings. The summed E-state index contributed by atoms with van der Waals surface area (Å²) in [7, 11) is 1.34. The van der Waals surface area contributed by atoms with Gasteiger partial charge < -0.3 is 10.1 Å². The van der Waals surface area contributed by atoms with Crippen molar-refractivity contribution >= 4 is 11.6 Å². The number of ether oxygens (including phenoxy) is 1. The number of anilines is 1. The first kappa shape index (κ1) is 22.2. The summed E-state index contributed by atoms with van der Waals surface area (Å²) in [6.45, 7) is 0. The number of amides is 1. The second-order valence-electron chi connectivity index (χ2n) is 6.49. The molecule has 0 atom stereocenters. The van der Waals surface area contributed by atoms with Gasteiger partial charge in [-0.15, -0.1) is 0 Å². The Labute approximate surface area is 173 Å². The van der Waals surface area contributed by atoms with Crippen LogP contribution in [-0.4, -0.2) is 13.0 Å². The molecule has 0 spiro atoms. The van der Waals surface area contributed by atoms with Crippen molar-refractivity contribution in [2.75, 3.05) is 12.4 Å². The van der Waals surface area contributed by atoms with Crippen LogP contribution in [0.25, 0.3) is 11.1 Å². The lowest BCUT2D eigenvalue weighted by molar-refractivity contribution is -0.137. The lowest BCUT2D eigenvalue weighted by atomic mass is 9.97. The van der Waals surface area contributed by atoms with Gasteiger partial charge in [-0.3, -0.25) is 4.79 Å². The molecule has 1 N–H and O–H groups in total. The quantitative estimate of drug-likeness (QED) is 0.462. The van der Waals surface area contributed by atoms with E-state index in [0.717, 1.165) is 24.3 Å². The number of rotatable bonds is 4. The summed E-state index contributed by atoms with van der Waals surface area (Å²) in [5, 5.41) is 2.36. The van der Waals surface area contributed by atoms with E-state index in [9.17, 15) is 31.1 Å². The molecule has 0 saturated carbocycles. The molecule has 0 bridgehead atoms. The average Bonchev–Trinajstić information content (AvgIpc) is 2.72. The molecule has 0 aliphatic carbocycles. The number of alkyl halides is 6. The van der Waals surface area contributed by atoms with E-state index in [-0.39, 0.29) is 22.6 Å². The van der Waals surface area contributed by atoms with Crippen LogP contribution in [0.4, 0.5) is 32.0 Å². The van der Waals surface area contributed by atoms with Gasteiger partial charge >= 0.3 is 12.4 Å². The molecule has 0 heterocycles. The highest BCUT2D eigenvalue weighted by Gasteiger charge is 2.35. The van der Waals surface area contributed by atoms with Crippen molar-refractivity contribution < 1.29 is 35.9 Å². The number of benzene rings is 3. The van der Waals surface area contributed by atoms with Crippen molar-refractivity contribution in [1.82, 2.24) is 0 Å². The Morgan fingerprint density at radius 1 is 0.839 bits per heavy atom. The van der Waals surface area contributed by atoms with Crippen LogP contribution in [0.3, 0.4) is 0 Å². The summed E-state index contributed by atoms with van der Waals surface area (Å²) in [5.41, 5.74) is -2.98. The molecule has 0 unspecified atom stereocenters. The summed E-state index contributed by atoms with van der Waals surface area (Å²) in [6, 6.07) is 12.7. The Kier molecular flexibility index (Phi) is 5.97. The number of hydrogen-bond acceptors (Lipinski definition) is 2. The third-order valence-corrected chi connectivity index (χ3v) is 4.44. The number of nitrogens with one attached hydrogen (secondary N) is 1. The van der Waals surface area contributed by atoms with E-state index >= 15 is 0 Å². The Bertz CT molecular complexity index is 1110. The fourth-order valence-electron chi connectivity index (χ4n) is 3.00. The monoisotopic (exact) mass is 439 g/mol. The smallest absolute Gasteiger partial charge is 0.417 e. The summed E-state index contributed by atoms with van der Waals surface area (Å²) in [4.78, 5) is 12.5. The van der Waals surface area contributed by atoms with Gasteiger partial charge in [-0.25, -0.2) is 0 Å². The molecule has 0 fully saturated rings. The van der Waals surface area contributed by atoms with E-state index < -0.39 is 35.0 Å². The third-order valence-electron chi connectivity index (χ3n) is 4.44. The maximum absolute atomic E-state index is 13.7. The molecule has 0 saturated heterocycles. The van der Waals surface area contributed by atoms with Gasteiger partial charge in [-0.2, -0.15) is 26.3 Å². The molecule has 162 valence electrons. The molecular weight excluding hydrogens is 424 g/mol. The van der Waals surface area contributed by atoms with Gasteiger partial charge in [0.2, 0.25) is 0 Å². The van der Waals surface area contributed by atoms with Crippen molar-refractivity contribution in [3.8, 4) is 16.9 Å². The lowest BCUT2D eigenvalue weighted by Crippen LogP contribution is -2.15. The van der Waals surface area contributed by atoms with E-state index in [1.54, 1.807) is 12.1 Å². The van der Waals surface area contributed by atoms with Crippen LogP contribution < -0.4 is 10.1 Å². The van der Waals surface area contributed by atoms with Gasteiger partial charge in [0.1, 0.15) is 5.75 Å². The highest BCUT2D eigenvalue weighted by atomic mass is 19.4. The first-order chi connectivity index (χ1) is 14.5. The Balaban J connectivity index is 2.01. The van der Waals surface area contributed by atoms with Crippen LogP contribution >= 0.6 is 0 Å². The zero-order valence-corrected chi connectivity index (χ0v) is 15.9. The number of halogens is 6. The van der Waals surface area contributed by atoms with Crippen molar-refractivity contribution in [2.24, 2.45) is 0 Å². The predicted octanol–water partition coefficient (Wildman–Crippen LogP) is 6.65. The molecule has 3 aromatic carbocycles.